The quantitative estimate of drug-likeness (QED) is 0.178. The lowest BCUT2D eigenvalue weighted by Gasteiger charge is -2.31. The highest BCUT2D eigenvalue weighted by Crippen LogP contribution is 2.55. The number of hydrogen-bond donors (Lipinski definition) is 0. The van der Waals surface area contributed by atoms with Crippen LogP contribution in [0.25, 0.3) is 54.9 Å². The Hall–Kier alpha value is -5.92. The van der Waals surface area contributed by atoms with Gasteiger partial charge in [0.05, 0.1) is 0 Å². The molecule has 1 nitrogen and oxygen atoms in total. The molecular weight excluding hydrogens is 651 g/mol. The molecule has 0 unspecified atom stereocenters. The van der Waals surface area contributed by atoms with Crippen LogP contribution in [-0.4, -0.2) is 0 Å². The van der Waals surface area contributed by atoms with Crippen LogP contribution >= 0.6 is 0 Å². The highest BCUT2D eigenvalue weighted by atomic mass is 15.1. The van der Waals surface area contributed by atoms with E-state index in [1.165, 1.54) is 105 Å². The molecule has 0 fully saturated rings. The Labute approximate surface area is 318 Å². The van der Waals surface area contributed by atoms with Gasteiger partial charge in [0, 0.05) is 33.3 Å². The van der Waals surface area contributed by atoms with Gasteiger partial charge in [-0.15, -0.1) is 0 Å². The summed E-state index contributed by atoms with van der Waals surface area (Å²) in [5.41, 5.74) is 19.6. The van der Waals surface area contributed by atoms with E-state index in [1.54, 1.807) is 0 Å². The van der Waals surface area contributed by atoms with Gasteiger partial charge in [-0.05, 0) is 149 Å². The Morgan fingerprint density at radius 2 is 0.593 bits per heavy atom. The second-order valence-electron chi connectivity index (χ2n) is 17.4. The van der Waals surface area contributed by atoms with E-state index in [0.29, 0.717) is 0 Å². The molecule has 0 atom stereocenters. The molecule has 0 aliphatic heterocycles. The van der Waals surface area contributed by atoms with Crippen LogP contribution in [0.15, 0.2) is 152 Å². The Bertz CT molecular complexity index is 2770. The van der Waals surface area contributed by atoms with Crippen molar-refractivity contribution < 1.29 is 0 Å². The lowest BCUT2D eigenvalue weighted by atomic mass is 9.81. The third kappa shape index (κ3) is 4.16. The molecule has 0 bridgehead atoms. The first-order valence-electron chi connectivity index (χ1n) is 19.4. The van der Waals surface area contributed by atoms with Gasteiger partial charge in [0.25, 0.3) is 0 Å². The molecule has 3 aliphatic rings. The van der Waals surface area contributed by atoms with Crippen LogP contribution in [0.2, 0.25) is 0 Å². The van der Waals surface area contributed by atoms with E-state index in [9.17, 15) is 0 Å². The summed E-state index contributed by atoms with van der Waals surface area (Å²) in [5, 5.41) is 5.19. The van der Waals surface area contributed by atoms with Crippen LogP contribution < -0.4 is 4.90 Å². The van der Waals surface area contributed by atoms with Crippen molar-refractivity contribution in [1.82, 2.24) is 0 Å². The molecule has 260 valence electrons. The molecule has 0 radical (unpaired) electrons. The number of fused-ring (bicyclic) bond motifs is 11. The van der Waals surface area contributed by atoms with E-state index < -0.39 is 0 Å². The smallest absolute Gasteiger partial charge is 0.0465 e. The van der Waals surface area contributed by atoms with Crippen LogP contribution in [-0.2, 0) is 16.2 Å². The Kier molecular flexibility index (Phi) is 6.21. The molecule has 0 spiro atoms. The highest BCUT2D eigenvalue weighted by molar-refractivity contribution is 5.97. The minimum Gasteiger partial charge on any atom is -0.310 e. The monoisotopic (exact) mass is 693 g/mol. The van der Waals surface area contributed by atoms with Gasteiger partial charge < -0.3 is 4.90 Å². The second kappa shape index (κ2) is 10.6. The van der Waals surface area contributed by atoms with Gasteiger partial charge in [-0.25, -0.2) is 0 Å². The van der Waals surface area contributed by atoms with E-state index >= 15 is 0 Å². The van der Waals surface area contributed by atoms with E-state index in [2.05, 4.69) is 198 Å². The molecule has 8 aromatic carbocycles. The van der Waals surface area contributed by atoms with Crippen LogP contribution in [0.5, 0.6) is 0 Å². The number of nitrogens with zero attached hydrogens (tertiary/aromatic N) is 1. The van der Waals surface area contributed by atoms with Crippen molar-refractivity contribution in [2.24, 2.45) is 0 Å². The summed E-state index contributed by atoms with van der Waals surface area (Å²) < 4.78 is 0. The fourth-order valence-corrected chi connectivity index (χ4v) is 10.4. The third-order valence-electron chi connectivity index (χ3n) is 13.4. The number of benzene rings is 8. The van der Waals surface area contributed by atoms with Gasteiger partial charge >= 0.3 is 0 Å². The van der Waals surface area contributed by atoms with Crippen molar-refractivity contribution in [3.05, 3.63) is 185 Å². The lowest BCUT2D eigenvalue weighted by Crippen LogP contribution is -2.19. The third-order valence-corrected chi connectivity index (χ3v) is 13.4. The maximum Gasteiger partial charge on any atom is 0.0465 e. The Morgan fingerprint density at radius 3 is 1.04 bits per heavy atom. The molecule has 0 saturated heterocycles. The molecule has 3 aliphatic carbocycles. The zero-order valence-electron chi connectivity index (χ0n) is 31.9. The Balaban J connectivity index is 1.11. The predicted molar refractivity (Wildman–Crippen MR) is 229 cm³/mol. The zero-order chi connectivity index (χ0) is 36.7. The standard InChI is InChI=1S/C53H43N/c1-51(2)45-18-12-11-17-39(45)40-22-19-36(29-48(40)51)54(37-20-23-41-43-25-32-13-7-9-15-34(32)27-46(43)52(3,4)49(41)30-37)38-21-24-42-44-26-33-14-8-10-16-35(33)28-47(44)53(5,6)50(42)31-38/h7-31H,1-6H3. The SMILES string of the molecule is CC1(C)c2ccccc2-c2ccc(N(c3ccc4c(c3)C(C)(C)c3cc5ccccc5cc3-4)c3ccc4c(c3)C(C)(C)c3cc5ccccc5cc3-4)cc21. The van der Waals surface area contributed by atoms with E-state index in [1.807, 2.05) is 0 Å². The lowest BCUT2D eigenvalue weighted by molar-refractivity contribution is 0.660. The largest absolute Gasteiger partial charge is 0.310 e. The maximum absolute atomic E-state index is 2.52. The first-order chi connectivity index (χ1) is 26.0. The van der Waals surface area contributed by atoms with Gasteiger partial charge in [0.15, 0.2) is 0 Å². The average molecular weight is 694 g/mol. The van der Waals surface area contributed by atoms with E-state index in [4.69, 9.17) is 0 Å². The normalized spacial score (nSPS) is 16.0. The van der Waals surface area contributed by atoms with E-state index in [-0.39, 0.29) is 16.2 Å². The topological polar surface area (TPSA) is 3.24 Å². The molecule has 1 heteroatoms. The van der Waals surface area contributed by atoms with Crippen molar-refractivity contribution in [3.63, 3.8) is 0 Å². The molecule has 11 rings (SSSR count). The van der Waals surface area contributed by atoms with Crippen molar-refractivity contribution >= 4 is 38.6 Å². The first kappa shape index (κ1) is 31.6. The average Bonchev–Trinajstić information content (AvgIpc) is 3.65. The molecule has 54 heavy (non-hydrogen) atoms. The van der Waals surface area contributed by atoms with Crippen LogP contribution in [0, 0.1) is 0 Å². The zero-order valence-corrected chi connectivity index (χ0v) is 31.9. The van der Waals surface area contributed by atoms with Crippen LogP contribution in [0.4, 0.5) is 17.1 Å². The fourth-order valence-electron chi connectivity index (χ4n) is 10.4. The van der Waals surface area contributed by atoms with Crippen LogP contribution in [0.1, 0.15) is 74.9 Å². The molecule has 8 aromatic rings. The maximum atomic E-state index is 2.52. The van der Waals surface area contributed by atoms with Gasteiger partial charge in [-0.3, -0.25) is 0 Å². The first-order valence-corrected chi connectivity index (χ1v) is 19.4. The summed E-state index contributed by atoms with van der Waals surface area (Å²) in [6, 6.07) is 57.7. The number of hydrogen-bond acceptors (Lipinski definition) is 1. The summed E-state index contributed by atoms with van der Waals surface area (Å²) in [5.74, 6) is 0. The summed E-state index contributed by atoms with van der Waals surface area (Å²) in [6.45, 7) is 14.3. The van der Waals surface area contributed by atoms with Gasteiger partial charge in [-0.2, -0.15) is 0 Å². The summed E-state index contributed by atoms with van der Waals surface area (Å²) in [6.07, 6.45) is 0. The second-order valence-corrected chi connectivity index (χ2v) is 17.4. The van der Waals surface area contributed by atoms with Crippen molar-refractivity contribution in [2.45, 2.75) is 57.8 Å². The molecule has 0 amide bonds. The highest BCUT2D eigenvalue weighted by Gasteiger charge is 2.40. The van der Waals surface area contributed by atoms with Crippen molar-refractivity contribution in [3.8, 4) is 33.4 Å². The molecule has 0 saturated carbocycles. The molecule has 0 heterocycles. The minimum absolute atomic E-state index is 0.0965. The Morgan fingerprint density at radius 1 is 0.278 bits per heavy atom. The van der Waals surface area contributed by atoms with Gasteiger partial charge in [0.1, 0.15) is 0 Å². The molecular formula is C53H43N. The fraction of sp³-hybridized carbons (Fsp3) is 0.170. The van der Waals surface area contributed by atoms with Gasteiger partial charge in [-0.1, -0.05) is 133 Å². The van der Waals surface area contributed by atoms with Crippen molar-refractivity contribution in [2.75, 3.05) is 4.90 Å². The summed E-state index contributed by atoms with van der Waals surface area (Å²) in [4.78, 5) is 2.52. The number of anilines is 3. The van der Waals surface area contributed by atoms with Crippen molar-refractivity contribution in [1.29, 1.82) is 0 Å². The molecule has 0 N–H and O–H groups in total. The van der Waals surface area contributed by atoms with E-state index in [0.717, 1.165) is 0 Å². The van der Waals surface area contributed by atoms with Gasteiger partial charge in [0.2, 0.25) is 0 Å². The molecule has 0 aromatic heterocycles. The summed E-state index contributed by atoms with van der Waals surface area (Å²) in [7, 11) is 0. The summed E-state index contributed by atoms with van der Waals surface area (Å²) >= 11 is 0. The number of rotatable bonds is 3. The predicted octanol–water partition coefficient (Wildman–Crippen LogP) is 14.4. The van der Waals surface area contributed by atoms with Crippen LogP contribution in [0.3, 0.4) is 0 Å². The minimum atomic E-state index is -0.137.